The molecule has 0 radical (unpaired) electrons. The molecule has 0 spiro atoms. The predicted molar refractivity (Wildman–Crippen MR) is 270 cm³/mol. The van der Waals surface area contributed by atoms with Crippen LogP contribution in [0.2, 0.25) is 0 Å². The first kappa shape index (κ1) is 60.3. The van der Waals surface area contributed by atoms with Gasteiger partial charge < -0.3 is 44.9 Å². The molecule has 4 amide bonds. The number of pyridine rings is 1. The molecule has 4 aliphatic heterocycles. The number of carbonyl (C=O) groups is 4. The number of hydrogen-bond donors (Lipinski definition) is 5. The van der Waals surface area contributed by atoms with Crippen LogP contribution in [-0.2, 0) is 41.5 Å². The molecule has 6 atom stereocenters. The number of methoxy groups -OCH3 is 2. The summed E-state index contributed by atoms with van der Waals surface area (Å²) in [5.74, 6) is 1.29. The topological polar surface area (TPSA) is 196 Å². The third kappa shape index (κ3) is 14.4. The largest absolute Gasteiger partial charge is 0.453 e. The van der Waals surface area contributed by atoms with Crippen LogP contribution in [0.3, 0.4) is 0 Å². The lowest BCUT2D eigenvalue weighted by Gasteiger charge is -2.47. The van der Waals surface area contributed by atoms with Crippen LogP contribution < -0.4 is 26.3 Å². The van der Waals surface area contributed by atoms with Crippen molar-refractivity contribution in [3.8, 4) is 11.8 Å². The molecular formula is C54H66F8N8O9. The lowest BCUT2D eigenvalue weighted by molar-refractivity contribution is -0.221. The lowest BCUT2D eigenvalue weighted by Crippen LogP contribution is -2.63. The quantitative estimate of drug-likeness (QED) is 0.0545. The minimum atomic E-state index is -5.17. The van der Waals surface area contributed by atoms with Crippen LogP contribution in [0.4, 0.5) is 50.5 Å². The predicted octanol–water partition coefficient (Wildman–Crippen LogP) is 6.25. The fourth-order valence-corrected chi connectivity index (χ4v) is 10.2. The molecule has 0 aliphatic carbocycles. The molecule has 2 bridgehead atoms. The molecule has 4 saturated heterocycles. The van der Waals surface area contributed by atoms with Gasteiger partial charge in [0.2, 0.25) is 5.91 Å². The van der Waals surface area contributed by atoms with Gasteiger partial charge in [-0.1, -0.05) is 24.0 Å². The summed E-state index contributed by atoms with van der Waals surface area (Å²) in [5.41, 5.74) is -2.91. The van der Waals surface area contributed by atoms with Gasteiger partial charge in [0.05, 0.1) is 56.5 Å². The van der Waals surface area contributed by atoms with Crippen LogP contribution in [0.5, 0.6) is 0 Å². The average Bonchev–Trinajstić information content (AvgIpc) is 3.78. The molecule has 4 fully saturated rings. The van der Waals surface area contributed by atoms with E-state index in [1.165, 1.54) is 12.1 Å². The number of piperazine rings is 1. The van der Waals surface area contributed by atoms with E-state index >= 15 is 8.78 Å². The van der Waals surface area contributed by atoms with E-state index in [1.54, 1.807) is 18.3 Å². The molecule has 0 saturated carbocycles. The lowest BCUT2D eigenvalue weighted by atomic mass is 9.82. The van der Waals surface area contributed by atoms with E-state index in [1.807, 2.05) is 22.8 Å². The molecule has 5 heterocycles. The van der Waals surface area contributed by atoms with Crippen molar-refractivity contribution < 1.29 is 78.4 Å². The van der Waals surface area contributed by atoms with Crippen LogP contribution in [0, 0.1) is 34.3 Å². The number of hydrogen-bond acceptors (Lipinski definition) is 13. The number of alkyl carbamates (subject to hydrolysis) is 2. The number of carbonyl (C=O) groups excluding carboxylic acids is 4. The highest BCUT2D eigenvalue weighted by Crippen LogP contribution is 2.42. The molecule has 1 aromatic heterocycles. The van der Waals surface area contributed by atoms with Crippen molar-refractivity contribution in [1.82, 2.24) is 36.3 Å². The summed E-state index contributed by atoms with van der Waals surface area (Å²) in [6.07, 6.45) is -10.8. The molecule has 4 aliphatic rings. The number of ether oxygens (including phenoxy) is 4. The highest BCUT2D eigenvalue weighted by molar-refractivity contribution is 5.87. The summed E-state index contributed by atoms with van der Waals surface area (Å²) in [6.45, 7) is 4.36. The minimum Gasteiger partial charge on any atom is -0.453 e. The normalized spacial score (nSPS) is 20.0. The second kappa shape index (κ2) is 25.0. The van der Waals surface area contributed by atoms with E-state index < -0.39 is 108 Å². The van der Waals surface area contributed by atoms with Gasteiger partial charge in [-0.2, -0.15) is 26.3 Å². The number of alkyl halides is 6. The second-order valence-electron chi connectivity index (χ2n) is 21.5. The number of benzene rings is 2. The summed E-state index contributed by atoms with van der Waals surface area (Å²) in [5, 5.41) is 18.8. The fraction of sp³-hybridized carbons (Fsp3) is 0.574. The zero-order chi connectivity index (χ0) is 57.6. The Bertz CT molecular complexity index is 2660. The first-order chi connectivity index (χ1) is 37.2. The molecule has 5 N–H and O–H groups in total. The molecule has 2 unspecified atom stereocenters. The van der Waals surface area contributed by atoms with E-state index in [9.17, 15) is 50.6 Å². The average molecular weight is 1120 g/mol. The molecule has 432 valence electrons. The van der Waals surface area contributed by atoms with Gasteiger partial charge in [0.15, 0.2) is 0 Å². The number of aliphatic hydroxyl groups is 1. The van der Waals surface area contributed by atoms with Crippen molar-refractivity contribution in [2.75, 3.05) is 65.2 Å². The van der Waals surface area contributed by atoms with Crippen molar-refractivity contribution in [3.05, 3.63) is 94.2 Å². The zero-order valence-electron chi connectivity index (χ0n) is 44.5. The SMILES string of the molecule is COC(=O)N[C@H](C(=O)N[C@@H](Cc1ccc(C#Cc2ccc(N3CC4CCC(C3)N4C3COC3)nc2)cc1)[C@@H](O)CN(Cc1c(F)cc(C2CCOCC2)cc1F)NC(=O)[C@@H](NC(=O)OC)C(C)(C)C(F)(F)F)C(C)(C)C(F)(F)F. The van der Waals surface area contributed by atoms with Gasteiger partial charge in [0.25, 0.3) is 5.91 Å². The van der Waals surface area contributed by atoms with Crippen molar-refractivity contribution in [2.45, 2.75) is 127 Å². The Morgan fingerprint density at radius 1 is 0.747 bits per heavy atom. The van der Waals surface area contributed by atoms with Crippen molar-refractivity contribution in [2.24, 2.45) is 10.8 Å². The van der Waals surface area contributed by atoms with Crippen molar-refractivity contribution in [3.63, 3.8) is 0 Å². The molecule has 2 aromatic carbocycles. The highest BCUT2D eigenvalue weighted by atomic mass is 19.4. The van der Waals surface area contributed by atoms with Gasteiger partial charge in [-0.15, -0.1) is 0 Å². The van der Waals surface area contributed by atoms with Gasteiger partial charge in [-0.05, 0) is 113 Å². The van der Waals surface area contributed by atoms with Crippen LogP contribution in [0.15, 0.2) is 54.7 Å². The number of nitrogens with one attached hydrogen (secondary N) is 4. The summed E-state index contributed by atoms with van der Waals surface area (Å²) in [4.78, 5) is 62.5. The fourth-order valence-electron chi connectivity index (χ4n) is 10.2. The molecule has 79 heavy (non-hydrogen) atoms. The summed E-state index contributed by atoms with van der Waals surface area (Å²) in [6, 6.07) is 6.89. The van der Waals surface area contributed by atoms with Gasteiger partial charge in [-0.3, -0.25) is 19.9 Å². The number of nitrogens with zero attached hydrogens (tertiary/aromatic N) is 4. The Balaban J connectivity index is 1.17. The van der Waals surface area contributed by atoms with Gasteiger partial charge >= 0.3 is 24.5 Å². The summed E-state index contributed by atoms with van der Waals surface area (Å²) >= 11 is 0. The number of aliphatic hydroxyl groups excluding tert-OH is 1. The van der Waals surface area contributed by atoms with Crippen LogP contribution in [0.1, 0.15) is 87.1 Å². The zero-order valence-corrected chi connectivity index (χ0v) is 44.5. The third-order valence-corrected chi connectivity index (χ3v) is 15.4. The Morgan fingerprint density at radius 2 is 1.28 bits per heavy atom. The molecule has 17 nitrogen and oxygen atoms in total. The smallest absolute Gasteiger partial charge is 0.407 e. The van der Waals surface area contributed by atoms with Gasteiger partial charge in [0, 0.05) is 74.4 Å². The van der Waals surface area contributed by atoms with Crippen LogP contribution >= 0.6 is 0 Å². The maximum atomic E-state index is 16.1. The number of amides is 4. The third-order valence-electron chi connectivity index (χ3n) is 15.4. The maximum absolute atomic E-state index is 16.1. The number of fused-ring (bicyclic) bond motifs is 2. The van der Waals surface area contributed by atoms with E-state index in [2.05, 4.69) is 41.9 Å². The van der Waals surface area contributed by atoms with E-state index in [-0.39, 0.29) is 11.5 Å². The summed E-state index contributed by atoms with van der Waals surface area (Å²) < 4.78 is 139. The van der Waals surface area contributed by atoms with Crippen LogP contribution in [-0.4, -0.2) is 159 Å². The first-order valence-corrected chi connectivity index (χ1v) is 25.8. The highest BCUT2D eigenvalue weighted by Gasteiger charge is 2.57. The molecular weight excluding hydrogens is 1060 g/mol. The van der Waals surface area contributed by atoms with Crippen molar-refractivity contribution in [1.29, 1.82) is 0 Å². The number of rotatable bonds is 18. The Kier molecular flexibility index (Phi) is 19.1. The minimum absolute atomic E-state index is 0.279. The molecule has 7 rings (SSSR count). The molecule has 3 aromatic rings. The maximum Gasteiger partial charge on any atom is 0.407 e. The van der Waals surface area contributed by atoms with Gasteiger partial charge in [0.1, 0.15) is 29.5 Å². The van der Waals surface area contributed by atoms with Gasteiger partial charge in [-0.25, -0.2) is 28.4 Å². The first-order valence-electron chi connectivity index (χ1n) is 25.8. The number of hydrazine groups is 1. The number of halogens is 8. The number of anilines is 1. The van der Waals surface area contributed by atoms with Crippen LogP contribution in [0.25, 0.3) is 0 Å². The molecule has 25 heteroatoms. The van der Waals surface area contributed by atoms with Crippen molar-refractivity contribution >= 4 is 29.8 Å². The number of aromatic nitrogens is 1. The Morgan fingerprint density at radius 3 is 1.77 bits per heavy atom. The summed E-state index contributed by atoms with van der Waals surface area (Å²) in [7, 11) is 1.68. The monoisotopic (exact) mass is 1120 g/mol. The van der Waals surface area contributed by atoms with E-state index in [4.69, 9.17) is 14.5 Å². The van der Waals surface area contributed by atoms with E-state index in [0.29, 0.717) is 93.6 Å². The Labute approximate surface area is 452 Å². The van der Waals surface area contributed by atoms with E-state index in [0.717, 1.165) is 71.3 Å². The Hall–Kier alpha value is -6.33. The second-order valence-corrected chi connectivity index (χ2v) is 21.5. The standard InChI is InChI=1S/C54H66F8N8O9/c1-51(2,53(57,58)59)45(65-49(74)76-5)47(72)64-42(21-32-10-7-31(8-11-32)9-12-33-13-16-44(63-24-33)68-25-36-14-15-37(26-68)70(36)38-29-79-30-38)43(71)28-69(67-48(73)46(66-50(75)77-6)52(3,4)54(60,61)62)27-39-40(55)22-35(23-41(39)56)34-17-19-78-20-18-34/h7-8,10-11,13,16,22-24,34,36-38,42-43,45-46,71H,14-15,17-21,25-30H2,1-6H3,(H,64,72)(H,65,74)(H,66,75)(H,67,73)/t36?,37?,42-,43-,45+,46+/m0/s1.